The number of thiophene rings is 1. The molecule has 5 heteroatoms. The molecule has 2 aromatic carbocycles. The molecular weight excluding hydrogens is 380 g/mol. The average molecular weight is 407 g/mol. The second-order valence-corrected chi connectivity index (χ2v) is 8.44. The van der Waals surface area contributed by atoms with Crippen LogP contribution in [0.3, 0.4) is 0 Å². The molecule has 1 heterocycles. The Morgan fingerprint density at radius 2 is 2.00 bits per heavy atom. The fourth-order valence-electron chi connectivity index (χ4n) is 3.92. The number of ether oxygens (including phenoxy) is 1. The van der Waals surface area contributed by atoms with Crippen LogP contribution in [0, 0.1) is 6.92 Å². The van der Waals surface area contributed by atoms with Gasteiger partial charge in [-0.1, -0.05) is 30.3 Å². The first-order chi connectivity index (χ1) is 14.1. The van der Waals surface area contributed by atoms with Gasteiger partial charge >= 0.3 is 0 Å². The van der Waals surface area contributed by atoms with Crippen LogP contribution in [0.4, 0.5) is 5.69 Å². The van der Waals surface area contributed by atoms with Gasteiger partial charge in [-0.05, 0) is 72.0 Å². The van der Waals surface area contributed by atoms with Crippen LogP contribution in [0.25, 0.3) is 0 Å². The van der Waals surface area contributed by atoms with Crippen molar-refractivity contribution in [2.45, 2.75) is 32.2 Å². The average Bonchev–Trinajstić information content (AvgIpc) is 3.40. The van der Waals surface area contributed by atoms with E-state index in [0.717, 1.165) is 12.0 Å². The van der Waals surface area contributed by atoms with Crippen LogP contribution in [-0.4, -0.2) is 19.6 Å². The van der Waals surface area contributed by atoms with Crippen LogP contribution in [0.5, 0.6) is 5.75 Å². The number of hydrogen-bond donors (Lipinski definition) is 2. The van der Waals surface area contributed by atoms with Crippen LogP contribution < -0.4 is 15.4 Å². The Morgan fingerprint density at radius 1 is 1.14 bits per heavy atom. The topological polar surface area (TPSA) is 50.4 Å². The summed E-state index contributed by atoms with van der Waals surface area (Å²) in [5.74, 6) is 0.578. The maximum Gasteiger partial charge on any atom is 0.238 e. The lowest BCUT2D eigenvalue weighted by Gasteiger charge is -2.19. The largest absolute Gasteiger partial charge is 0.495 e. The molecule has 1 atom stereocenters. The second kappa shape index (κ2) is 8.80. The summed E-state index contributed by atoms with van der Waals surface area (Å²) in [6, 6.07) is 16.7. The Bertz CT molecular complexity index is 998. The standard InChI is InChI=1S/C24H26N2O2S/c1-16-8-11-21(28-2)20(13-16)26-23(27)15-25-24(22-7-4-12-29-22)19-10-9-17-5-3-6-18(17)14-19/h4,7-14,24-25H,3,5-6,15H2,1-2H3,(H,26,27). The molecule has 4 nitrogen and oxygen atoms in total. The molecule has 1 amide bonds. The molecule has 0 radical (unpaired) electrons. The normalized spacial score (nSPS) is 13.7. The number of nitrogens with one attached hydrogen (secondary N) is 2. The van der Waals surface area contributed by atoms with E-state index in [2.05, 4.69) is 46.3 Å². The lowest BCUT2D eigenvalue weighted by Crippen LogP contribution is -2.31. The summed E-state index contributed by atoms with van der Waals surface area (Å²) >= 11 is 1.71. The Balaban J connectivity index is 1.49. The third kappa shape index (κ3) is 4.52. The summed E-state index contributed by atoms with van der Waals surface area (Å²) in [4.78, 5) is 13.9. The first-order valence-corrected chi connectivity index (χ1v) is 10.8. The number of carbonyl (C=O) groups is 1. The first-order valence-electron chi connectivity index (χ1n) is 9.97. The molecule has 1 aromatic heterocycles. The zero-order chi connectivity index (χ0) is 20.2. The predicted octanol–water partition coefficient (Wildman–Crippen LogP) is 4.87. The maximum absolute atomic E-state index is 12.7. The van der Waals surface area contributed by atoms with Crippen LogP contribution in [-0.2, 0) is 17.6 Å². The van der Waals surface area contributed by atoms with E-state index in [1.54, 1.807) is 18.4 Å². The molecule has 3 aromatic rings. The lowest BCUT2D eigenvalue weighted by molar-refractivity contribution is -0.115. The van der Waals surface area contributed by atoms with Gasteiger partial charge in [-0.2, -0.15) is 0 Å². The summed E-state index contributed by atoms with van der Waals surface area (Å²) in [5, 5.41) is 8.51. The van der Waals surface area contributed by atoms with Gasteiger partial charge in [-0.25, -0.2) is 0 Å². The van der Waals surface area contributed by atoms with Gasteiger partial charge in [0.2, 0.25) is 5.91 Å². The monoisotopic (exact) mass is 406 g/mol. The molecule has 1 aliphatic carbocycles. The van der Waals surface area contributed by atoms with E-state index in [1.807, 2.05) is 25.1 Å². The predicted molar refractivity (Wildman–Crippen MR) is 119 cm³/mol. The number of methoxy groups -OCH3 is 1. The van der Waals surface area contributed by atoms with Gasteiger partial charge in [0.05, 0.1) is 25.4 Å². The molecule has 0 fully saturated rings. The number of hydrogen-bond acceptors (Lipinski definition) is 4. The molecule has 0 saturated carbocycles. The Morgan fingerprint density at radius 3 is 2.79 bits per heavy atom. The van der Waals surface area contributed by atoms with Crippen LogP contribution in [0.2, 0.25) is 0 Å². The van der Waals surface area contributed by atoms with Crippen LogP contribution in [0.15, 0.2) is 53.9 Å². The number of amides is 1. The van der Waals surface area contributed by atoms with Gasteiger partial charge in [0.1, 0.15) is 5.75 Å². The molecule has 0 bridgehead atoms. The van der Waals surface area contributed by atoms with E-state index in [0.29, 0.717) is 11.4 Å². The van der Waals surface area contributed by atoms with E-state index in [-0.39, 0.29) is 18.5 Å². The van der Waals surface area contributed by atoms with E-state index < -0.39 is 0 Å². The number of anilines is 1. The fraction of sp³-hybridized carbons (Fsp3) is 0.292. The SMILES string of the molecule is COc1ccc(C)cc1NC(=O)CNC(c1ccc2c(c1)CCC2)c1cccs1. The van der Waals surface area contributed by atoms with Gasteiger partial charge in [0.25, 0.3) is 0 Å². The summed E-state index contributed by atoms with van der Waals surface area (Å²) in [6.45, 7) is 2.21. The van der Waals surface area contributed by atoms with Crippen LogP contribution >= 0.6 is 11.3 Å². The smallest absolute Gasteiger partial charge is 0.238 e. The number of rotatable bonds is 7. The van der Waals surface area contributed by atoms with Crippen molar-refractivity contribution in [2.75, 3.05) is 19.0 Å². The van der Waals surface area contributed by atoms with Crippen molar-refractivity contribution in [3.8, 4) is 5.75 Å². The molecular formula is C24H26N2O2S. The minimum Gasteiger partial charge on any atom is -0.495 e. The molecule has 1 unspecified atom stereocenters. The molecule has 0 aliphatic heterocycles. The van der Waals surface area contributed by atoms with Gasteiger partial charge in [0.15, 0.2) is 0 Å². The lowest BCUT2D eigenvalue weighted by atomic mass is 10.00. The van der Waals surface area contributed by atoms with Crippen molar-refractivity contribution in [1.29, 1.82) is 0 Å². The van der Waals surface area contributed by atoms with E-state index in [1.165, 1.54) is 34.4 Å². The minimum atomic E-state index is -0.0865. The van der Waals surface area contributed by atoms with Crippen molar-refractivity contribution < 1.29 is 9.53 Å². The third-order valence-corrected chi connectivity index (χ3v) is 6.32. The summed E-state index contributed by atoms with van der Waals surface area (Å²) in [7, 11) is 1.61. The highest BCUT2D eigenvalue weighted by Gasteiger charge is 2.19. The molecule has 150 valence electrons. The Hall–Kier alpha value is -2.63. The maximum atomic E-state index is 12.7. The fourth-order valence-corrected chi connectivity index (χ4v) is 4.75. The number of carbonyl (C=O) groups excluding carboxylic acids is 1. The molecule has 0 spiro atoms. The van der Waals surface area contributed by atoms with Gasteiger partial charge in [-0.15, -0.1) is 11.3 Å². The van der Waals surface area contributed by atoms with Crippen molar-refractivity contribution >= 4 is 22.9 Å². The third-order valence-electron chi connectivity index (χ3n) is 5.38. The number of aryl methyl sites for hydroxylation is 3. The molecule has 1 aliphatic rings. The second-order valence-electron chi connectivity index (χ2n) is 7.46. The molecule has 29 heavy (non-hydrogen) atoms. The van der Waals surface area contributed by atoms with Gasteiger partial charge in [-0.3, -0.25) is 10.1 Å². The zero-order valence-electron chi connectivity index (χ0n) is 16.8. The quantitative estimate of drug-likeness (QED) is 0.588. The van der Waals surface area contributed by atoms with E-state index in [4.69, 9.17) is 4.74 Å². The highest BCUT2D eigenvalue weighted by molar-refractivity contribution is 7.10. The summed E-state index contributed by atoms with van der Waals surface area (Å²) in [5.41, 5.74) is 5.89. The Kier molecular flexibility index (Phi) is 5.97. The van der Waals surface area contributed by atoms with Crippen LogP contribution in [0.1, 0.15) is 39.6 Å². The summed E-state index contributed by atoms with van der Waals surface area (Å²) in [6.07, 6.45) is 3.55. The highest BCUT2D eigenvalue weighted by Crippen LogP contribution is 2.30. The highest BCUT2D eigenvalue weighted by atomic mass is 32.1. The van der Waals surface area contributed by atoms with Crippen molar-refractivity contribution in [2.24, 2.45) is 0 Å². The van der Waals surface area contributed by atoms with Crippen molar-refractivity contribution in [3.05, 3.63) is 81.0 Å². The van der Waals surface area contributed by atoms with Gasteiger partial charge in [0, 0.05) is 4.88 Å². The zero-order valence-corrected chi connectivity index (χ0v) is 17.6. The Labute approximate surface area is 175 Å². The molecule has 0 saturated heterocycles. The first kappa shape index (κ1) is 19.7. The number of benzene rings is 2. The van der Waals surface area contributed by atoms with E-state index >= 15 is 0 Å². The summed E-state index contributed by atoms with van der Waals surface area (Å²) < 4.78 is 5.36. The molecule has 4 rings (SSSR count). The van der Waals surface area contributed by atoms with Gasteiger partial charge < -0.3 is 10.1 Å². The van der Waals surface area contributed by atoms with Crippen molar-refractivity contribution in [3.63, 3.8) is 0 Å². The van der Waals surface area contributed by atoms with E-state index in [9.17, 15) is 4.79 Å². The minimum absolute atomic E-state index is 0.00561. The van der Waals surface area contributed by atoms with Crippen molar-refractivity contribution in [1.82, 2.24) is 5.32 Å². The number of fused-ring (bicyclic) bond motifs is 1. The molecule has 2 N–H and O–H groups in total.